The molecule has 4 rings (SSSR count). The van der Waals surface area contributed by atoms with E-state index in [1.807, 2.05) is 35.0 Å². The van der Waals surface area contributed by atoms with Gasteiger partial charge in [0, 0.05) is 35.8 Å². The Labute approximate surface area is 161 Å². The number of rotatable bonds is 5. The van der Waals surface area contributed by atoms with Crippen molar-refractivity contribution < 1.29 is 4.74 Å². The van der Waals surface area contributed by atoms with Gasteiger partial charge in [-0.1, -0.05) is 35.1 Å². The van der Waals surface area contributed by atoms with Crippen LogP contribution >= 0.6 is 22.9 Å². The highest BCUT2D eigenvalue weighted by Gasteiger charge is 2.23. The summed E-state index contributed by atoms with van der Waals surface area (Å²) in [5.74, 6) is 0. The first-order valence-corrected chi connectivity index (χ1v) is 9.99. The lowest BCUT2D eigenvalue weighted by molar-refractivity contribution is -0.0159. The lowest BCUT2D eigenvalue weighted by Crippen LogP contribution is -2.50. The predicted octanol–water partition coefficient (Wildman–Crippen LogP) is 3.63. The van der Waals surface area contributed by atoms with Gasteiger partial charge in [-0.3, -0.25) is 4.90 Å². The van der Waals surface area contributed by atoms with E-state index in [9.17, 15) is 0 Å². The van der Waals surface area contributed by atoms with Gasteiger partial charge in [-0.2, -0.15) is 0 Å². The van der Waals surface area contributed by atoms with Crippen LogP contribution in [0.15, 0.2) is 30.5 Å². The van der Waals surface area contributed by atoms with Crippen LogP contribution in [-0.4, -0.2) is 57.9 Å². The molecule has 8 heteroatoms. The average molecular weight is 392 g/mol. The first-order chi connectivity index (χ1) is 12.6. The molecule has 1 saturated heterocycles. The SMILES string of the molecule is CC(CNc1nn2cc(-c3ccc(Cl)cc3)nc2s1)N1CCOCC1C. The monoisotopic (exact) mass is 391 g/mol. The van der Waals surface area contributed by atoms with Crippen LogP contribution in [0.25, 0.3) is 16.2 Å². The quantitative estimate of drug-likeness (QED) is 0.719. The number of fused-ring (bicyclic) bond motifs is 1. The second kappa shape index (κ2) is 7.52. The Kier molecular flexibility index (Phi) is 5.13. The number of aromatic nitrogens is 3. The van der Waals surface area contributed by atoms with Gasteiger partial charge in [0.2, 0.25) is 10.1 Å². The molecule has 0 aliphatic carbocycles. The Bertz CT molecular complexity index is 846. The zero-order valence-corrected chi connectivity index (χ0v) is 16.4. The molecule has 0 saturated carbocycles. The number of imidazole rings is 1. The van der Waals surface area contributed by atoms with Crippen molar-refractivity contribution >= 4 is 33.0 Å². The number of hydrogen-bond donors (Lipinski definition) is 1. The molecule has 1 N–H and O–H groups in total. The molecular weight excluding hydrogens is 370 g/mol. The minimum atomic E-state index is 0.426. The molecule has 1 aliphatic rings. The van der Waals surface area contributed by atoms with Gasteiger partial charge >= 0.3 is 0 Å². The minimum absolute atomic E-state index is 0.426. The zero-order valence-electron chi connectivity index (χ0n) is 14.9. The van der Waals surface area contributed by atoms with Crippen LogP contribution < -0.4 is 5.32 Å². The van der Waals surface area contributed by atoms with Crippen LogP contribution in [0.4, 0.5) is 5.13 Å². The van der Waals surface area contributed by atoms with E-state index in [-0.39, 0.29) is 0 Å². The summed E-state index contributed by atoms with van der Waals surface area (Å²) in [6.07, 6.45) is 1.95. The van der Waals surface area contributed by atoms with Crippen LogP contribution in [0, 0.1) is 0 Å². The Morgan fingerprint density at radius 2 is 2.19 bits per heavy atom. The minimum Gasteiger partial charge on any atom is -0.379 e. The summed E-state index contributed by atoms with van der Waals surface area (Å²) in [4.78, 5) is 8.03. The molecule has 6 nitrogen and oxygen atoms in total. The van der Waals surface area contributed by atoms with Gasteiger partial charge in [-0.05, 0) is 26.0 Å². The first kappa shape index (κ1) is 17.7. The van der Waals surface area contributed by atoms with E-state index in [1.165, 1.54) is 0 Å². The summed E-state index contributed by atoms with van der Waals surface area (Å²) in [6.45, 7) is 7.91. The topological polar surface area (TPSA) is 54.7 Å². The molecule has 0 bridgehead atoms. The fraction of sp³-hybridized carbons (Fsp3) is 0.444. The molecule has 0 spiro atoms. The van der Waals surface area contributed by atoms with Crippen LogP contribution in [0.1, 0.15) is 13.8 Å². The molecule has 2 aromatic heterocycles. The Morgan fingerprint density at radius 3 is 2.92 bits per heavy atom. The van der Waals surface area contributed by atoms with E-state index in [0.717, 1.165) is 52.7 Å². The van der Waals surface area contributed by atoms with E-state index in [2.05, 4.69) is 34.1 Å². The smallest absolute Gasteiger partial charge is 0.214 e. The molecule has 3 heterocycles. The summed E-state index contributed by atoms with van der Waals surface area (Å²) >= 11 is 7.51. The molecule has 3 aromatic rings. The number of morpholine rings is 1. The van der Waals surface area contributed by atoms with Crippen molar-refractivity contribution in [3.63, 3.8) is 0 Å². The van der Waals surface area contributed by atoms with Crippen molar-refractivity contribution in [2.75, 3.05) is 31.6 Å². The van der Waals surface area contributed by atoms with Gasteiger partial charge in [0.25, 0.3) is 0 Å². The summed E-state index contributed by atoms with van der Waals surface area (Å²) in [5, 5.41) is 9.67. The second-order valence-electron chi connectivity index (χ2n) is 6.66. The van der Waals surface area contributed by atoms with Crippen LogP contribution in [0.5, 0.6) is 0 Å². The third kappa shape index (κ3) is 3.71. The lowest BCUT2D eigenvalue weighted by Gasteiger charge is -2.37. The Balaban J connectivity index is 1.42. The molecule has 2 unspecified atom stereocenters. The van der Waals surface area contributed by atoms with Gasteiger partial charge in [0.1, 0.15) is 0 Å². The Morgan fingerprint density at radius 1 is 1.38 bits per heavy atom. The van der Waals surface area contributed by atoms with Crippen molar-refractivity contribution in [3.8, 4) is 11.3 Å². The van der Waals surface area contributed by atoms with E-state index < -0.39 is 0 Å². The van der Waals surface area contributed by atoms with Gasteiger partial charge in [0.15, 0.2) is 0 Å². The maximum absolute atomic E-state index is 5.95. The van der Waals surface area contributed by atoms with Crippen molar-refractivity contribution in [2.24, 2.45) is 0 Å². The maximum Gasteiger partial charge on any atom is 0.214 e. The number of halogens is 1. The molecule has 1 fully saturated rings. The summed E-state index contributed by atoms with van der Waals surface area (Å²) in [7, 11) is 0. The van der Waals surface area contributed by atoms with Gasteiger partial charge in [-0.25, -0.2) is 9.50 Å². The molecule has 26 heavy (non-hydrogen) atoms. The van der Waals surface area contributed by atoms with Gasteiger partial charge in [0.05, 0.1) is 25.1 Å². The number of nitrogens with one attached hydrogen (secondary N) is 1. The van der Waals surface area contributed by atoms with Crippen LogP contribution in [0.2, 0.25) is 5.02 Å². The molecule has 1 aromatic carbocycles. The Hall–Kier alpha value is -1.67. The maximum atomic E-state index is 5.95. The molecule has 2 atom stereocenters. The van der Waals surface area contributed by atoms with E-state index in [1.54, 1.807) is 11.3 Å². The van der Waals surface area contributed by atoms with Crippen molar-refractivity contribution in [1.29, 1.82) is 0 Å². The fourth-order valence-electron chi connectivity index (χ4n) is 3.28. The summed E-state index contributed by atoms with van der Waals surface area (Å²) < 4.78 is 7.35. The normalized spacial score (nSPS) is 19.7. The predicted molar refractivity (Wildman–Crippen MR) is 106 cm³/mol. The zero-order chi connectivity index (χ0) is 18.1. The molecule has 138 valence electrons. The molecule has 1 aliphatic heterocycles. The highest BCUT2D eigenvalue weighted by Crippen LogP contribution is 2.25. The third-order valence-corrected chi connectivity index (χ3v) is 5.85. The summed E-state index contributed by atoms with van der Waals surface area (Å²) in [5.41, 5.74) is 1.94. The number of hydrogen-bond acceptors (Lipinski definition) is 6. The highest BCUT2D eigenvalue weighted by molar-refractivity contribution is 7.20. The second-order valence-corrected chi connectivity index (χ2v) is 8.05. The van der Waals surface area contributed by atoms with E-state index in [4.69, 9.17) is 16.3 Å². The highest BCUT2D eigenvalue weighted by atomic mass is 35.5. The van der Waals surface area contributed by atoms with Crippen molar-refractivity contribution in [3.05, 3.63) is 35.5 Å². The van der Waals surface area contributed by atoms with Gasteiger partial charge < -0.3 is 10.1 Å². The van der Waals surface area contributed by atoms with Crippen LogP contribution in [0.3, 0.4) is 0 Å². The van der Waals surface area contributed by atoms with E-state index in [0.29, 0.717) is 12.1 Å². The van der Waals surface area contributed by atoms with Crippen LogP contribution in [-0.2, 0) is 4.74 Å². The molecular formula is C18H22ClN5OS. The molecule has 0 amide bonds. The van der Waals surface area contributed by atoms with Crippen molar-refractivity contribution in [2.45, 2.75) is 25.9 Å². The first-order valence-electron chi connectivity index (χ1n) is 8.79. The van der Waals surface area contributed by atoms with Crippen molar-refractivity contribution in [1.82, 2.24) is 19.5 Å². The molecule has 0 radical (unpaired) electrons. The van der Waals surface area contributed by atoms with Gasteiger partial charge in [-0.15, -0.1) is 5.10 Å². The number of anilines is 1. The fourth-order valence-corrected chi connectivity index (χ4v) is 4.19. The standard InChI is InChI=1S/C18H22ClN5OS/c1-12(23-7-8-25-11-13(23)2)9-20-17-22-24-10-16(21-18(24)26-17)14-3-5-15(19)6-4-14/h3-6,10,12-13H,7-9,11H2,1-2H3,(H,20,22). The lowest BCUT2D eigenvalue weighted by atomic mass is 10.2. The largest absolute Gasteiger partial charge is 0.379 e. The summed E-state index contributed by atoms with van der Waals surface area (Å²) in [6, 6.07) is 8.57. The number of ether oxygens (including phenoxy) is 1. The average Bonchev–Trinajstić information content (AvgIpc) is 3.19. The van der Waals surface area contributed by atoms with E-state index >= 15 is 0 Å². The number of benzene rings is 1. The number of nitrogens with zero attached hydrogens (tertiary/aromatic N) is 4. The third-order valence-electron chi connectivity index (χ3n) is 4.72.